The first-order valence-corrected chi connectivity index (χ1v) is 5.61. The van der Waals surface area contributed by atoms with Crippen molar-refractivity contribution in [3.05, 3.63) is 54.4 Å². The average Bonchev–Trinajstić information content (AvgIpc) is 2.29. The first-order chi connectivity index (χ1) is 7.78. The third-order valence-electron chi connectivity index (χ3n) is 2.53. The molecular formula is C14H17N2+. The summed E-state index contributed by atoms with van der Waals surface area (Å²) in [6, 6.07) is 12.5. The highest BCUT2D eigenvalue weighted by atomic mass is 15.0. The Morgan fingerprint density at radius 3 is 2.69 bits per heavy atom. The number of anilines is 2. The van der Waals surface area contributed by atoms with E-state index in [4.69, 9.17) is 0 Å². The van der Waals surface area contributed by atoms with Crippen molar-refractivity contribution in [2.24, 2.45) is 0 Å². The van der Waals surface area contributed by atoms with Crippen molar-refractivity contribution in [3.8, 4) is 0 Å². The van der Waals surface area contributed by atoms with Crippen LogP contribution in [0.15, 0.2) is 48.8 Å². The molecule has 2 rings (SSSR count). The number of aromatic nitrogens is 1. The fraction of sp³-hybridized carbons (Fsp3) is 0.214. The Kier molecular flexibility index (Phi) is 3.20. The van der Waals surface area contributed by atoms with Gasteiger partial charge in [-0.1, -0.05) is 12.1 Å². The zero-order valence-corrected chi connectivity index (χ0v) is 9.77. The SMILES string of the molecule is CC[n+]1cccc(Nc2cccc(C)c2)c1. The highest BCUT2D eigenvalue weighted by Gasteiger charge is 2.00. The predicted molar refractivity (Wildman–Crippen MR) is 66.8 cm³/mol. The molecule has 0 unspecified atom stereocenters. The second-order valence-corrected chi connectivity index (χ2v) is 3.92. The maximum atomic E-state index is 3.40. The first kappa shape index (κ1) is 10.7. The Labute approximate surface area is 96.6 Å². The number of rotatable bonds is 3. The van der Waals surface area contributed by atoms with Crippen LogP contribution < -0.4 is 9.88 Å². The molecule has 0 bridgehead atoms. The standard InChI is InChI=1S/C14H17N2/c1-3-16-9-5-8-14(11-16)15-13-7-4-6-12(2)10-13/h4-11,15H,3H2,1-2H3/q+1. The van der Waals surface area contributed by atoms with Crippen molar-refractivity contribution in [1.82, 2.24) is 0 Å². The van der Waals surface area contributed by atoms with E-state index < -0.39 is 0 Å². The van der Waals surface area contributed by atoms with Crippen molar-refractivity contribution in [2.45, 2.75) is 20.4 Å². The van der Waals surface area contributed by atoms with Crippen molar-refractivity contribution in [3.63, 3.8) is 0 Å². The summed E-state index contributed by atoms with van der Waals surface area (Å²) in [5, 5.41) is 3.40. The highest BCUT2D eigenvalue weighted by molar-refractivity contribution is 5.58. The molecule has 0 aliphatic carbocycles. The van der Waals surface area contributed by atoms with Gasteiger partial charge in [0.25, 0.3) is 0 Å². The van der Waals surface area contributed by atoms with Crippen LogP contribution in [0.4, 0.5) is 11.4 Å². The number of aryl methyl sites for hydroxylation is 2. The van der Waals surface area contributed by atoms with Gasteiger partial charge in [-0.05, 0) is 37.6 Å². The van der Waals surface area contributed by atoms with Gasteiger partial charge in [0, 0.05) is 11.8 Å². The zero-order valence-electron chi connectivity index (χ0n) is 9.77. The second-order valence-electron chi connectivity index (χ2n) is 3.92. The molecule has 0 radical (unpaired) electrons. The molecule has 0 fully saturated rings. The van der Waals surface area contributed by atoms with Crippen LogP contribution in [0, 0.1) is 6.92 Å². The molecule has 1 N–H and O–H groups in total. The molecule has 0 aliphatic rings. The highest BCUT2D eigenvalue weighted by Crippen LogP contribution is 2.15. The molecule has 2 heteroatoms. The first-order valence-electron chi connectivity index (χ1n) is 5.61. The van der Waals surface area contributed by atoms with Crippen LogP contribution in [0.5, 0.6) is 0 Å². The lowest BCUT2D eigenvalue weighted by Crippen LogP contribution is -2.31. The summed E-state index contributed by atoms with van der Waals surface area (Å²) in [6.45, 7) is 5.22. The van der Waals surface area contributed by atoms with Gasteiger partial charge in [-0.3, -0.25) is 0 Å². The Balaban J connectivity index is 2.20. The van der Waals surface area contributed by atoms with Gasteiger partial charge in [0.2, 0.25) is 0 Å². The fourth-order valence-electron chi connectivity index (χ4n) is 1.68. The largest absolute Gasteiger partial charge is 0.351 e. The molecule has 1 aromatic heterocycles. The molecule has 0 saturated heterocycles. The number of hydrogen-bond acceptors (Lipinski definition) is 1. The Bertz CT molecular complexity index is 478. The van der Waals surface area contributed by atoms with Crippen molar-refractivity contribution >= 4 is 11.4 Å². The number of pyridine rings is 1. The van der Waals surface area contributed by atoms with E-state index in [1.165, 1.54) is 5.56 Å². The van der Waals surface area contributed by atoms with Crippen molar-refractivity contribution < 1.29 is 4.57 Å². The number of hydrogen-bond donors (Lipinski definition) is 1. The van der Waals surface area contributed by atoms with E-state index in [1.807, 2.05) is 0 Å². The topological polar surface area (TPSA) is 15.9 Å². The van der Waals surface area contributed by atoms with Gasteiger partial charge >= 0.3 is 0 Å². The van der Waals surface area contributed by atoms with E-state index in [9.17, 15) is 0 Å². The zero-order chi connectivity index (χ0) is 11.4. The van der Waals surface area contributed by atoms with Gasteiger partial charge in [-0.15, -0.1) is 0 Å². The predicted octanol–water partition coefficient (Wildman–Crippen LogP) is 3.05. The second kappa shape index (κ2) is 4.79. The fourth-order valence-corrected chi connectivity index (χ4v) is 1.68. The molecule has 2 aromatic rings. The molecule has 82 valence electrons. The molecule has 0 atom stereocenters. The third-order valence-corrected chi connectivity index (χ3v) is 2.53. The minimum Gasteiger partial charge on any atom is -0.351 e. The molecule has 1 heterocycles. The quantitative estimate of drug-likeness (QED) is 0.775. The van der Waals surface area contributed by atoms with Gasteiger partial charge in [0.05, 0.1) is 0 Å². The number of nitrogens with zero attached hydrogens (tertiary/aromatic N) is 1. The van der Waals surface area contributed by atoms with E-state index in [0.717, 1.165) is 17.9 Å². The lowest BCUT2D eigenvalue weighted by Gasteiger charge is -2.05. The number of nitrogens with one attached hydrogen (secondary N) is 1. The molecule has 1 aromatic carbocycles. The smallest absolute Gasteiger partial charge is 0.192 e. The molecule has 0 spiro atoms. The monoisotopic (exact) mass is 213 g/mol. The minimum atomic E-state index is 0.989. The van der Waals surface area contributed by atoms with Gasteiger partial charge in [-0.25, -0.2) is 4.57 Å². The van der Waals surface area contributed by atoms with Crippen molar-refractivity contribution in [1.29, 1.82) is 0 Å². The molecule has 16 heavy (non-hydrogen) atoms. The molecule has 0 saturated carbocycles. The summed E-state index contributed by atoms with van der Waals surface area (Å²) in [6.07, 6.45) is 4.18. The van der Waals surface area contributed by atoms with E-state index in [2.05, 4.69) is 72.5 Å². The maximum Gasteiger partial charge on any atom is 0.192 e. The van der Waals surface area contributed by atoms with Crippen LogP contribution in [0.1, 0.15) is 12.5 Å². The van der Waals surface area contributed by atoms with Gasteiger partial charge in [0.1, 0.15) is 12.2 Å². The van der Waals surface area contributed by atoms with Gasteiger partial charge < -0.3 is 5.32 Å². The summed E-state index contributed by atoms with van der Waals surface area (Å²) in [5.74, 6) is 0. The van der Waals surface area contributed by atoms with E-state index >= 15 is 0 Å². The van der Waals surface area contributed by atoms with Crippen LogP contribution in [0.3, 0.4) is 0 Å². The van der Waals surface area contributed by atoms with Gasteiger partial charge in [0.15, 0.2) is 12.4 Å². The minimum absolute atomic E-state index is 0.989. The van der Waals surface area contributed by atoms with E-state index in [-0.39, 0.29) is 0 Å². The lowest BCUT2D eigenvalue weighted by atomic mass is 10.2. The summed E-state index contributed by atoms with van der Waals surface area (Å²) in [4.78, 5) is 0. The van der Waals surface area contributed by atoms with Crippen LogP contribution >= 0.6 is 0 Å². The summed E-state index contributed by atoms with van der Waals surface area (Å²) in [5.41, 5.74) is 3.52. The average molecular weight is 213 g/mol. The Morgan fingerprint density at radius 1 is 1.12 bits per heavy atom. The summed E-state index contributed by atoms with van der Waals surface area (Å²) < 4.78 is 2.15. The van der Waals surface area contributed by atoms with Crippen LogP contribution in [-0.2, 0) is 6.54 Å². The van der Waals surface area contributed by atoms with Crippen molar-refractivity contribution in [2.75, 3.05) is 5.32 Å². The Hall–Kier alpha value is -1.83. The normalized spacial score (nSPS) is 10.1. The Morgan fingerprint density at radius 2 is 1.94 bits per heavy atom. The molecule has 2 nitrogen and oxygen atoms in total. The van der Waals surface area contributed by atoms with Crippen LogP contribution in [0.2, 0.25) is 0 Å². The molecule has 0 amide bonds. The van der Waals surface area contributed by atoms with E-state index in [1.54, 1.807) is 0 Å². The molecule has 0 aliphatic heterocycles. The maximum absolute atomic E-state index is 3.40. The summed E-state index contributed by atoms with van der Waals surface area (Å²) in [7, 11) is 0. The van der Waals surface area contributed by atoms with Crippen LogP contribution in [0.25, 0.3) is 0 Å². The van der Waals surface area contributed by atoms with E-state index in [0.29, 0.717) is 0 Å². The van der Waals surface area contributed by atoms with Crippen LogP contribution in [-0.4, -0.2) is 0 Å². The van der Waals surface area contributed by atoms with Gasteiger partial charge in [-0.2, -0.15) is 0 Å². The summed E-state index contributed by atoms with van der Waals surface area (Å²) >= 11 is 0. The lowest BCUT2D eigenvalue weighted by molar-refractivity contribution is -0.692. The number of benzene rings is 1. The third kappa shape index (κ3) is 2.60. The molecular weight excluding hydrogens is 196 g/mol.